The first-order valence-corrected chi connectivity index (χ1v) is 12.4. The molecule has 0 unspecified atom stereocenters. The maximum absolute atomic E-state index is 11.8. The highest BCUT2D eigenvalue weighted by atomic mass is 32.1. The second-order valence-electron chi connectivity index (χ2n) is 8.71. The highest BCUT2D eigenvalue weighted by molar-refractivity contribution is 7.18. The van der Waals surface area contributed by atoms with Crippen LogP contribution in [-0.2, 0) is 11.2 Å². The number of carboxylic acid groups (broad SMARTS) is 1. The Morgan fingerprint density at radius 1 is 1.09 bits per heavy atom. The Labute approximate surface area is 208 Å². The zero-order chi connectivity index (χ0) is 25.1. The van der Waals surface area contributed by atoms with Crippen molar-refractivity contribution in [2.24, 2.45) is 0 Å². The van der Waals surface area contributed by atoms with Crippen LogP contribution in [0.4, 0.5) is 0 Å². The van der Waals surface area contributed by atoms with Gasteiger partial charge in [-0.1, -0.05) is 12.8 Å². The van der Waals surface area contributed by atoms with E-state index in [2.05, 4.69) is 4.98 Å². The minimum Gasteiger partial charge on any atom is -0.497 e. The Balaban J connectivity index is 1.70. The number of fused-ring (bicyclic) bond motifs is 1. The number of hydrogen-bond donors (Lipinski definition) is 2. The number of aliphatic hydroxyl groups excluding tert-OH is 1. The quantitative estimate of drug-likeness (QED) is 0.403. The number of carbonyl (C=O) groups is 1. The molecule has 0 amide bonds. The first-order valence-electron chi connectivity index (χ1n) is 11.6. The number of hydrogen-bond acceptors (Lipinski definition) is 8. The van der Waals surface area contributed by atoms with Crippen LogP contribution in [0.5, 0.6) is 17.2 Å². The van der Waals surface area contributed by atoms with Gasteiger partial charge in [-0.25, -0.2) is 9.78 Å². The van der Waals surface area contributed by atoms with Crippen molar-refractivity contribution in [1.29, 1.82) is 0 Å². The first kappa shape index (κ1) is 25.2. The summed E-state index contributed by atoms with van der Waals surface area (Å²) in [5.41, 5.74) is 1.97. The van der Waals surface area contributed by atoms with E-state index in [9.17, 15) is 15.0 Å². The third kappa shape index (κ3) is 5.37. The lowest BCUT2D eigenvalue weighted by atomic mass is 9.99. The topological polar surface area (TPSA) is 107 Å². The van der Waals surface area contributed by atoms with Crippen LogP contribution >= 0.6 is 11.3 Å². The maximum atomic E-state index is 11.8. The average Bonchev–Trinajstić information content (AvgIpc) is 3.51. The molecule has 0 radical (unpaired) electrons. The molecule has 2 atom stereocenters. The molecule has 3 aromatic rings. The van der Waals surface area contributed by atoms with Crippen molar-refractivity contribution in [3.8, 4) is 17.2 Å². The molecule has 2 N–H and O–H groups in total. The molecule has 4 rings (SSSR count). The van der Waals surface area contributed by atoms with E-state index in [1.165, 1.54) is 24.5 Å². The number of ether oxygens (including phenoxy) is 4. The van der Waals surface area contributed by atoms with Crippen molar-refractivity contribution in [1.82, 2.24) is 4.98 Å². The van der Waals surface area contributed by atoms with Crippen molar-refractivity contribution in [3.63, 3.8) is 0 Å². The molecule has 1 aliphatic rings. The summed E-state index contributed by atoms with van der Waals surface area (Å²) in [4.78, 5) is 16.4. The van der Waals surface area contributed by atoms with E-state index >= 15 is 0 Å². The number of thiazole rings is 1. The SMILES string of the molecule is COc1cc(C(=O)O)c2nc(C[C@H](OC3CCCC3)[C@H](O)c3cc(OC)c(C)c(OC)c3)sc2c1. The van der Waals surface area contributed by atoms with E-state index in [-0.39, 0.29) is 11.7 Å². The number of methoxy groups -OCH3 is 3. The zero-order valence-corrected chi connectivity index (χ0v) is 21.2. The van der Waals surface area contributed by atoms with Crippen LogP contribution in [0.1, 0.15) is 58.3 Å². The van der Waals surface area contributed by atoms with Crippen LogP contribution in [0.25, 0.3) is 10.2 Å². The smallest absolute Gasteiger partial charge is 0.338 e. The van der Waals surface area contributed by atoms with Gasteiger partial charge in [-0.2, -0.15) is 0 Å². The highest BCUT2D eigenvalue weighted by Gasteiger charge is 2.30. The molecule has 188 valence electrons. The summed E-state index contributed by atoms with van der Waals surface area (Å²) in [5.74, 6) is 0.638. The van der Waals surface area contributed by atoms with Crippen LogP contribution in [0.3, 0.4) is 0 Å². The van der Waals surface area contributed by atoms with Gasteiger partial charge in [0.2, 0.25) is 0 Å². The third-order valence-corrected chi connectivity index (χ3v) is 7.52. The van der Waals surface area contributed by atoms with E-state index < -0.39 is 18.2 Å². The largest absolute Gasteiger partial charge is 0.497 e. The van der Waals surface area contributed by atoms with Crippen molar-refractivity contribution in [2.75, 3.05) is 21.3 Å². The normalized spacial score (nSPS) is 15.8. The summed E-state index contributed by atoms with van der Waals surface area (Å²) in [5, 5.41) is 21.8. The molecule has 1 aromatic heterocycles. The second-order valence-corrected chi connectivity index (χ2v) is 9.83. The van der Waals surface area contributed by atoms with E-state index in [1.54, 1.807) is 32.4 Å². The maximum Gasteiger partial charge on any atom is 0.338 e. The number of aromatic nitrogens is 1. The Kier molecular flexibility index (Phi) is 7.78. The molecule has 1 heterocycles. The van der Waals surface area contributed by atoms with E-state index in [0.717, 1.165) is 31.2 Å². The lowest BCUT2D eigenvalue weighted by Gasteiger charge is -2.27. The van der Waals surface area contributed by atoms with Gasteiger partial charge in [0.05, 0.1) is 54.3 Å². The van der Waals surface area contributed by atoms with Gasteiger partial charge in [-0.3, -0.25) is 0 Å². The number of nitrogens with zero attached hydrogens (tertiary/aromatic N) is 1. The molecule has 1 saturated carbocycles. The minimum absolute atomic E-state index is 0.0629. The Morgan fingerprint density at radius 2 is 1.74 bits per heavy atom. The minimum atomic E-state index is -1.07. The van der Waals surface area contributed by atoms with Gasteiger partial charge in [0.25, 0.3) is 0 Å². The van der Waals surface area contributed by atoms with Crippen LogP contribution < -0.4 is 14.2 Å². The molecule has 0 aliphatic heterocycles. The van der Waals surface area contributed by atoms with Crippen molar-refractivity contribution in [2.45, 2.75) is 57.3 Å². The Bertz CT molecular complexity index is 1180. The van der Waals surface area contributed by atoms with Crippen molar-refractivity contribution in [3.05, 3.63) is 46.0 Å². The number of aliphatic hydroxyl groups is 1. The second kappa shape index (κ2) is 10.8. The monoisotopic (exact) mass is 501 g/mol. The van der Waals surface area contributed by atoms with Gasteiger partial charge in [0.1, 0.15) is 23.4 Å². The number of aromatic carboxylic acids is 1. The lowest BCUT2D eigenvalue weighted by molar-refractivity contribution is -0.0753. The molecule has 9 heteroatoms. The lowest BCUT2D eigenvalue weighted by Crippen LogP contribution is -2.29. The van der Waals surface area contributed by atoms with Crippen LogP contribution in [0.15, 0.2) is 24.3 Å². The van der Waals surface area contributed by atoms with Gasteiger partial charge in [0.15, 0.2) is 0 Å². The summed E-state index contributed by atoms with van der Waals surface area (Å²) in [6.45, 7) is 1.90. The first-order chi connectivity index (χ1) is 16.8. The van der Waals surface area contributed by atoms with Gasteiger partial charge >= 0.3 is 5.97 Å². The molecule has 1 aliphatic carbocycles. The number of rotatable bonds is 10. The Hall–Kier alpha value is -2.88. The summed E-state index contributed by atoms with van der Waals surface area (Å²) >= 11 is 1.38. The highest BCUT2D eigenvalue weighted by Crippen LogP contribution is 2.37. The molecule has 2 aromatic carbocycles. The van der Waals surface area contributed by atoms with Gasteiger partial charge in [-0.05, 0) is 49.6 Å². The van der Waals surface area contributed by atoms with Crippen LogP contribution in [0, 0.1) is 6.92 Å². The van der Waals surface area contributed by atoms with Crippen molar-refractivity contribution < 1.29 is 34.0 Å². The van der Waals surface area contributed by atoms with Gasteiger partial charge < -0.3 is 29.2 Å². The summed E-state index contributed by atoms with van der Waals surface area (Å²) < 4.78 is 23.4. The molecule has 0 saturated heterocycles. The summed E-state index contributed by atoms with van der Waals surface area (Å²) in [6.07, 6.45) is 2.95. The van der Waals surface area contributed by atoms with Gasteiger partial charge in [0, 0.05) is 12.0 Å². The van der Waals surface area contributed by atoms with E-state index in [1.807, 2.05) is 6.92 Å². The molecule has 1 fully saturated rings. The predicted molar refractivity (Wildman–Crippen MR) is 133 cm³/mol. The van der Waals surface area contributed by atoms with E-state index in [4.69, 9.17) is 18.9 Å². The van der Waals surface area contributed by atoms with Gasteiger partial charge in [-0.15, -0.1) is 11.3 Å². The Morgan fingerprint density at radius 3 is 2.31 bits per heavy atom. The number of carboxylic acids is 1. The molecule has 35 heavy (non-hydrogen) atoms. The fourth-order valence-corrected chi connectivity index (χ4v) is 5.65. The van der Waals surface area contributed by atoms with Crippen molar-refractivity contribution >= 4 is 27.5 Å². The molecular formula is C26H31NO7S. The fourth-order valence-electron chi connectivity index (χ4n) is 4.59. The predicted octanol–water partition coefficient (Wildman–Crippen LogP) is 4.93. The molecule has 0 bridgehead atoms. The van der Waals surface area contributed by atoms with Crippen LogP contribution in [0.2, 0.25) is 0 Å². The third-order valence-electron chi connectivity index (χ3n) is 6.49. The molecule has 8 nitrogen and oxygen atoms in total. The summed E-state index contributed by atoms with van der Waals surface area (Å²) in [6, 6.07) is 6.86. The zero-order valence-electron chi connectivity index (χ0n) is 20.4. The summed E-state index contributed by atoms with van der Waals surface area (Å²) in [7, 11) is 4.67. The molecular weight excluding hydrogens is 470 g/mol. The molecule has 0 spiro atoms. The van der Waals surface area contributed by atoms with E-state index in [0.29, 0.717) is 44.5 Å². The fraction of sp³-hybridized carbons (Fsp3) is 0.462. The number of benzene rings is 2. The average molecular weight is 502 g/mol. The van der Waals surface area contributed by atoms with Crippen LogP contribution in [-0.4, -0.2) is 54.7 Å². The standard InChI is InChI=1S/C26H31NO7S/c1-14-19(32-3)9-15(10-20(14)33-4)25(28)21(34-16-7-5-6-8-16)13-23-27-24-18(26(29)30)11-17(31-2)12-22(24)35-23/h9-12,16,21,25,28H,5-8,13H2,1-4H3,(H,29,30)/t21-,25+/m0/s1.